The first kappa shape index (κ1) is 28.7. The Morgan fingerprint density at radius 3 is 2.52 bits per heavy atom. The lowest BCUT2D eigenvalue weighted by Crippen LogP contribution is -2.58. The molecule has 2 amide bonds. The Hall–Kier alpha value is -4.86. The molecule has 42 heavy (non-hydrogen) atoms. The summed E-state index contributed by atoms with van der Waals surface area (Å²) in [7, 11) is 0.534. The first-order chi connectivity index (χ1) is 20.1. The molecule has 3 N–H and O–H groups in total. The molecule has 0 aliphatic carbocycles. The average Bonchev–Trinajstić information content (AvgIpc) is 3.40. The zero-order valence-electron chi connectivity index (χ0n) is 23.0. The van der Waals surface area contributed by atoms with Crippen LogP contribution in [0.2, 0.25) is 0 Å². The molecule has 0 radical (unpaired) electrons. The van der Waals surface area contributed by atoms with Gasteiger partial charge in [0.05, 0.1) is 23.9 Å². The molecule has 1 atom stereocenters. The van der Waals surface area contributed by atoms with Gasteiger partial charge in [-0.1, -0.05) is 42.5 Å². The topological polar surface area (TPSA) is 126 Å². The molecule has 214 valence electrons. The van der Waals surface area contributed by atoms with Crippen LogP contribution in [0.15, 0.2) is 79.0 Å². The lowest BCUT2D eigenvalue weighted by atomic mass is 9.99. The molecular formula is C30H28F2N6O3Si. The second kappa shape index (κ2) is 11.2. The van der Waals surface area contributed by atoms with Gasteiger partial charge in [-0.25, -0.2) is 0 Å². The van der Waals surface area contributed by atoms with Gasteiger partial charge in [0.2, 0.25) is 0 Å². The van der Waals surface area contributed by atoms with Crippen LogP contribution < -0.4 is 20.7 Å². The molecule has 5 rings (SSSR count). The van der Waals surface area contributed by atoms with Crippen molar-refractivity contribution in [2.24, 2.45) is 5.73 Å². The van der Waals surface area contributed by atoms with Gasteiger partial charge in [0.15, 0.2) is 0 Å². The highest BCUT2D eigenvalue weighted by atomic mass is 28.1. The maximum Gasteiger partial charge on any atom is 0.298 e. The minimum Gasteiger partial charge on any atom is -0.491 e. The number of fused-ring (bicyclic) bond motifs is 1. The normalized spacial score (nSPS) is 16.5. The molecular weight excluding hydrogens is 558 g/mol. The van der Waals surface area contributed by atoms with Crippen molar-refractivity contribution in [1.29, 1.82) is 5.26 Å². The van der Waals surface area contributed by atoms with Crippen molar-refractivity contribution in [1.82, 2.24) is 9.78 Å². The Morgan fingerprint density at radius 1 is 1.17 bits per heavy atom. The highest BCUT2D eigenvalue weighted by Crippen LogP contribution is 2.38. The summed E-state index contributed by atoms with van der Waals surface area (Å²) in [6.45, 7) is 2.73. The standard InChI is InChI=1S/C30H28F2N6O3Si/c1-29(42)18-37-26(24(17-35-37)27(39)36-22-9-12-25(41-14-13-33)19(15-22)16-34)28(40)38(29)23-10-7-21(8-11-23)30(31,32)20-5-3-2-4-6-20/h2-12,15,17H,13-14,18,33H2,1,42H3,(H,36,39)/t29-/m0/s1. The van der Waals surface area contributed by atoms with E-state index in [2.05, 4.69) is 10.4 Å². The lowest BCUT2D eigenvalue weighted by molar-refractivity contribution is 0.0428. The van der Waals surface area contributed by atoms with Crippen molar-refractivity contribution in [3.63, 3.8) is 0 Å². The fourth-order valence-corrected chi connectivity index (χ4v) is 5.76. The van der Waals surface area contributed by atoms with Crippen LogP contribution in [-0.4, -0.2) is 50.2 Å². The number of nitrogens with two attached hydrogens (primary N) is 1. The molecule has 2 heterocycles. The third-order valence-electron chi connectivity index (χ3n) is 6.99. The quantitative estimate of drug-likeness (QED) is 0.306. The Bertz CT molecular complexity index is 1680. The van der Waals surface area contributed by atoms with Crippen molar-refractivity contribution in [2.45, 2.75) is 24.6 Å². The van der Waals surface area contributed by atoms with Gasteiger partial charge < -0.3 is 20.7 Å². The SMILES string of the molecule is C[C@]1([SiH3])Cn2ncc(C(=O)Nc3ccc(OCCN)c(C#N)c3)c2C(=O)N1c1ccc(C(F)(F)c2ccccc2)cc1. The summed E-state index contributed by atoms with van der Waals surface area (Å²) in [4.78, 5) is 28.8. The van der Waals surface area contributed by atoms with Gasteiger partial charge in [0, 0.05) is 44.5 Å². The van der Waals surface area contributed by atoms with E-state index < -0.39 is 22.9 Å². The lowest BCUT2D eigenvalue weighted by Gasteiger charge is -2.42. The van der Waals surface area contributed by atoms with E-state index in [1.807, 2.05) is 13.0 Å². The van der Waals surface area contributed by atoms with E-state index in [9.17, 15) is 14.9 Å². The average molecular weight is 587 g/mol. The van der Waals surface area contributed by atoms with Crippen LogP contribution in [0, 0.1) is 11.3 Å². The summed E-state index contributed by atoms with van der Waals surface area (Å²) in [5, 5.41) is 15.9. The first-order valence-electron chi connectivity index (χ1n) is 13.2. The van der Waals surface area contributed by atoms with Gasteiger partial charge in [-0.2, -0.15) is 19.1 Å². The number of aromatic nitrogens is 2. The first-order valence-corrected chi connectivity index (χ1v) is 14.2. The molecule has 1 aliphatic heterocycles. The Kier molecular flexibility index (Phi) is 7.64. The van der Waals surface area contributed by atoms with Gasteiger partial charge in [0.1, 0.15) is 24.1 Å². The highest BCUT2D eigenvalue weighted by molar-refractivity contribution is 6.25. The van der Waals surface area contributed by atoms with Crippen molar-refractivity contribution in [2.75, 3.05) is 23.4 Å². The van der Waals surface area contributed by atoms with E-state index in [1.54, 1.807) is 35.2 Å². The van der Waals surface area contributed by atoms with E-state index in [0.717, 1.165) is 0 Å². The molecule has 0 fully saturated rings. The third-order valence-corrected chi connectivity index (χ3v) is 7.75. The molecule has 0 bridgehead atoms. The number of alkyl halides is 2. The van der Waals surface area contributed by atoms with E-state index in [0.29, 0.717) is 33.9 Å². The van der Waals surface area contributed by atoms with Crippen molar-refractivity contribution in [3.05, 3.63) is 107 Å². The molecule has 1 aromatic heterocycles. The summed E-state index contributed by atoms with van der Waals surface area (Å²) < 4.78 is 37.2. The van der Waals surface area contributed by atoms with Crippen LogP contribution in [0.25, 0.3) is 0 Å². The van der Waals surface area contributed by atoms with Gasteiger partial charge in [-0.15, -0.1) is 0 Å². The number of amides is 2. The third kappa shape index (κ3) is 5.27. The predicted molar refractivity (Wildman–Crippen MR) is 157 cm³/mol. The van der Waals surface area contributed by atoms with Crippen LogP contribution in [0.5, 0.6) is 5.75 Å². The van der Waals surface area contributed by atoms with Crippen molar-refractivity contribution in [3.8, 4) is 11.8 Å². The molecule has 12 heteroatoms. The minimum absolute atomic E-state index is 0.0522. The molecule has 9 nitrogen and oxygen atoms in total. The number of nitrogens with zero attached hydrogens (tertiary/aromatic N) is 4. The monoisotopic (exact) mass is 586 g/mol. The number of ether oxygens (including phenoxy) is 1. The van der Waals surface area contributed by atoms with Crippen LogP contribution >= 0.6 is 0 Å². The summed E-state index contributed by atoms with van der Waals surface area (Å²) in [5.74, 6) is -3.92. The summed E-state index contributed by atoms with van der Waals surface area (Å²) >= 11 is 0. The Labute approximate surface area is 243 Å². The van der Waals surface area contributed by atoms with Crippen LogP contribution in [-0.2, 0) is 12.5 Å². The Balaban J connectivity index is 1.42. The molecule has 0 unspecified atom stereocenters. The fourth-order valence-electron chi connectivity index (χ4n) is 5.00. The van der Waals surface area contributed by atoms with E-state index in [-0.39, 0.29) is 41.1 Å². The Morgan fingerprint density at radius 2 is 1.86 bits per heavy atom. The second-order valence-electron chi connectivity index (χ2n) is 10.4. The number of nitrogens with one attached hydrogen (secondary N) is 1. The maximum atomic E-state index is 15.1. The largest absolute Gasteiger partial charge is 0.491 e. The number of anilines is 2. The molecule has 3 aromatic carbocycles. The molecule has 0 spiro atoms. The zero-order chi connectivity index (χ0) is 30.1. The number of rotatable bonds is 8. The smallest absolute Gasteiger partial charge is 0.298 e. The summed E-state index contributed by atoms with van der Waals surface area (Å²) in [6.07, 6.45) is 1.33. The summed E-state index contributed by atoms with van der Waals surface area (Å²) in [5.41, 5.74) is 6.27. The number of nitriles is 1. The number of benzene rings is 3. The number of carbonyl (C=O) groups excluding carboxylic acids is 2. The van der Waals surface area contributed by atoms with Crippen molar-refractivity contribution < 1.29 is 23.1 Å². The zero-order valence-corrected chi connectivity index (χ0v) is 25.0. The fraction of sp³-hybridized carbons (Fsp3) is 0.200. The number of hydrogen-bond acceptors (Lipinski definition) is 6. The second-order valence-corrected chi connectivity index (χ2v) is 12.6. The number of carbonyl (C=O) groups is 2. The van der Waals surface area contributed by atoms with E-state index >= 15 is 8.78 Å². The van der Waals surface area contributed by atoms with Crippen LogP contribution in [0.4, 0.5) is 20.2 Å². The molecule has 0 saturated heterocycles. The van der Waals surface area contributed by atoms with Gasteiger partial charge in [-0.3, -0.25) is 14.3 Å². The molecule has 1 aliphatic rings. The molecule has 4 aromatic rings. The van der Waals surface area contributed by atoms with Gasteiger partial charge in [0.25, 0.3) is 17.7 Å². The van der Waals surface area contributed by atoms with Crippen LogP contribution in [0.3, 0.4) is 0 Å². The van der Waals surface area contributed by atoms with Gasteiger partial charge in [-0.05, 0) is 37.3 Å². The minimum atomic E-state index is -3.21. The van der Waals surface area contributed by atoms with E-state index in [1.165, 1.54) is 53.3 Å². The number of hydrogen-bond donors (Lipinski definition) is 2. The predicted octanol–water partition coefficient (Wildman–Crippen LogP) is 3.23. The molecule has 0 saturated carbocycles. The van der Waals surface area contributed by atoms with E-state index in [4.69, 9.17) is 10.5 Å². The van der Waals surface area contributed by atoms with Gasteiger partial charge >= 0.3 is 0 Å². The number of halogens is 2. The van der Waals surface area contributed by atoms with Crippen molar-refractivity contribution >= 4 is 33.4 Å². The summed E-state index contributed by atoms with van der Waals surface area (Å²) in [6, 6.07) is 19.8. The van der Waals surface area contributed by atoms with Crippen LogP contribution in [0.1, 0.15) is 44.5 Å². The highest BCUT2D eigenvalue weighted by Gasteiger charge is 2.42. The maximum absolute atomic E-state index is 15.1.